The number of hydrogen-bond acceptors (Lipinski definition) is 16. The number of amides is 1. The van der Waals surface area contributed by atoms with Gasteiger partial charge in [0.25, 0.3) is 5.56 Å². The maximum atomic E-state index is 13.1. The number of aliphatic hydroxyl groups is 1. The molecule has 2 aromatic carbocycles. The molecule has 1 aliphatic carbocycles. The number of carbonyl (C=O) groups is 2. The SMILES string of the molecule is COP(=O)(OCCSc1cc(O)n(CCCC(=O)Nc2ccc(-c3c4ccc(=O)cc-4oc4cc(O)ccc34)c(C(=O)O)c2)c1O)OC[C@H]1O[C@@H](n2cc(C)c(=O)[nH]c2=O)C[C@H]1O. The molecule has 2 aliphatic heterocycles. The number of carboxylic acid groups (broad SMARTS) is 1. The van der Waals surface area contributed by atoms with Gasteiger partial charge in [-0.1, -0.05) is 6.07 Å². The normalized spacial score (nSPS) is 17.3. The number of aromatic amines is 1. The summed E-state index contributed by atoms with van der Waals surface area (Å²) in [5.74, 6) is -2.12. The molecule has 0 radical (unpaired) electrons. The first-order valence-electron chi connectivity index (χ1n) is 19.3. The zero-order chi connectivity index (χ0) is 45.2. The van der Waals surface area contributed by atoms with Gasteiger partial charge < -0.3 is 40.0 Å². The Kier molecular flexibility index (Phi) is 13.3. The van der Waals surface area contributed by atoms with E-state index < -0.39 is 56.0 Å². The molecule has 22 heteroatoms. The van der Waals surface area contributed by atoms with E-state index in [0.29, 0.717) is 16.5 Å². The number of H-pyrrole nitrogens is 1. The number of rotatable bonds is 17. The number of aromatic hydroxyl groups is 3. The van der Waals surface area contributed by atoms with Crippen LogP contribution in [0, 0.1) is 6.92 Å². The van der Waals surface area contributed by atoms with E-state index >= 15 is 0 Å². The minimum Gasteiger partial charge on any atom is -0.508 e. The zero-order valence-electron chi connectivity index (χ0n) is 33.5. The van der Waals surface area contributed by atoms with Crippen LogP contribution in [0.15, 0.2) is 90.6 Å². The fourth-order valence-corrected chi connectivity index (χ4v) is 8.93. The molecule has 4 aromatic rings. The highest BCUT2D eigenvalue weighted by molar-refractivity contribution is 7.99. The van der Waals surface area contributed by atoms with E-state index in [2.05, 4.69) is 10.3 Å². The van der Waals surface area contributed by atoms with Crippen molar-refractivity contribution >= 4 is 48.1 Å². The van der Waals surface area contributed by atoms with Crippen LogP contribution >= 0.6 is 19.6 Å². The Morgan fingerprint density at radius 2 is 1.79 bits per heavy atom. The molecule has 7 N–H and O–H groups in total. The molecule has 332 valence electrons. The molecule has 7 rings (SSSR count). The molecule has 1 amide bonds. The summed E-state index contributed by atoms with van der Waals surface area (Å²) < 4.78 is 42.7. The Hall–Kier alpha value is -6.19. The van der Waals surface area contributed by atoms with Crippen LogP contribution < -0.4 is 22.0 Å². The summed E-state index contributed by atoms with van der Waals surface area (Å²) in [6.45, 7) is 0.921. The van der Waals surface area contributed by atoms with E-state index in [1.807, 2.05) is 0 Å². The van der Waals surface area contributed by atoms with Gasteiger partial charge in [-0.3, -0.25) is 42.1 Å². The van der Waals surface area contributed by atoms with Crippen LogP contribution in [0.5, 0.6) is 17.5 Å². The number of carboxylic acids is 1. The molecule has 1 saturated heterocycles. The zero-order valence-corrected chi connectivity index (χ0v) is 35.2. The lowest BCUT2D eigenvalue weighted by Crippen LogP contribution is -2.33. The summed E-state index contributed by atoms with van der Waals surface area (Å²) in [4.78, 5) is 64.1. The fraction of sp³-hybridized carbons (Fsp3) is 0.293. The van der Waals surface area contributed by atoms with Crippen molar-refractivity contribution in [3.8, 4) is 40.0 Å². The summed E-state index contributed by atoms with van der Waals surface area (Å²) in [6.07, 6.45) is -1.64. The Bertz CT molecular complexity index is 2910. The van der Waals surface area contributed by atoms with Crippen molar-refractivity contribution in [1.82, 2.24) is 14.1 Å². The minimum atomic E-state index is -4.15. The number of phenols is 1. The molecule has 63 heavy (non-hydrogen) atoms. The highest BCUT2D eigenvalue weighted by atomic mass is 32.2. The molecule has 1 unspecified atom stereocenters. The second kappa shape index (κ2) is 18.7. The molecule has 3 aliphatic rings. The van der Waals surface area contributed by atoms with Gasteiger partial charge in [0, 0.05) is 84.4 Å². The average Bonchev–Trinajstić information content (AvgIpc) is 3.74. The number of phenolic OH excluding ortho intramolecular Hbond substituents is 1. The average molecular weight is 909 g/mol. The molecular formula is C41H41N4O16PS. The van der Waals surface area contributed by atoms with Crippen LogP contribution in [0.25, 0.3) is 33.4 Å². The topological polar surface area (TPSA) is 291 Å². The van der Waals surface area contributed by atoms with Crippen molar-refractivity contribution in [2.45, 2.75) is 56.1 Å². The van der Waals surface area contributed by atoms with Crippen molar-refractivity contribution in [2.75, 3.05) is 31.4 Å². The van der Waals surface area contributed by atoms with E-state index in [0.717, 1.165) is 23.4 Å². The van der Waals surface area contributed by atoms with Crippen molar-refractivity contribution in [2.24, 2.45) is 0 Å². The first kappa shape index (κ1) is 44.9. The number of benzene rings is 3. The molecule has 0 spiro atoms. The maximum Gasteiger partial charge on any atom is 0.474 e. The van der Waals surface area contributed by atoms with E-state index in [9.17, 15) is 54.1 Å². The third-order valence-corrected chi connectivity index (χ3v) is 12.5. The standard InChI is InChI=1S/C41H41N4O16PS/c1-21-19-45(41(55)43-38(21)51)36-17-29(48)32(61-36)20-59-62(56,57-2)58-12-13-63-33-18-35(50)44(39(33)52)11-3-4-34(49)42-22-5-8-25(28(14-22)40(53)54)37-26-9-6-23(46)15-30(26)60-31-16-24(47)7-10-27(31)37/h5-10,14-16,18-19,29,32,36,46,48,50,52H,3-4,11-13,17,20H2,1-2H3,(H,42,49)(H,53,54)(H,43,51,55)/t29-,32-,36-,62?/m1/s1. The molecule has 0 bridgehead atoms. The second-order valence-corrected chi connectivity index (χ2v) is 17.3. The van der Waals surface area contributed by atoms with Crippen LogP contribution in [-0.2, 0) is 34.2 Å². The van der Waals surface area contributed by atoms with Gasteiger partial charge in [-0.25, -0.2) is 14.2 Å². The Labute approximate surface area is 360 Å². The number of aromatic nitrogens is 3. The van der Waals surface area contributed by atoms with Gasteiger partial charge in [-0.05, 0) is 55.3 Å². The van der Waals surface area contributed by atoms with Crippen LogP contribution in [0.4, 0.5) is 5.69 Å². The number of nitrogens with zero attached hydrogens (tertiary/aromatic N) is 2. The van der Waals surface area contributed by atoms with Gasteiger partial charge in [0.2, 0.25) is 11.8 Å². The lowest BCUT2D eigenvalue weighted by molar-refractivity contribution is -0.116. The van der Waals surface area contributed by atoms with Crippen LogP contribution in [-0.4, -0.2) is 89.8 Å². The smallest absolute Gasteiger partial charge is 0.474 e. The van der Waals surface area contributed by atoms with Gasteiger partial charge >= 0.3 is 19.5 Å². The quantitative estimate of drug-likeness (QED) is 0.0275. The largest absolute Gasteiger partial charge is 0.508 e. The highest BCUT2D eigenvalue weighted by Gasteiger charge is 2.38. The van der Waals surface area contributed by atoms with E-state index in [4.69, 9.17) is 22.7 Å². The van der Waals surface area contributed by atoms with E-state index in [-0.39, 0.29) is 99.7 Å². The number of aromatic carboxylic acids is 1. The Balaban J connectivity index is 0.911. The van der Waals surface area contributed by atoms with Crippen molar-refractivity contribution in [3.63, 3.8) is 0 Å². The van der Waals surface area contributed by atoms with Crippen LogP contribution in [0.1, 0.15) is 41.4 Å². The van der Waals surface area contributed by atoms with Gasteiger partial charge in [0.05, 0.1) is 29.8 Å². The Morgan fingerprint density at radius 3 is 2.56 bits per heavy atom. The number of carbonyl (C=O) groups excluding carboxylic acids is 1. The first-order chi connectivity index (χ1) is 30.0. The summed E-state index contributed by atoms with van der Waals surface area (Å²) in [5, 5.41) is 55.3. The first-order valence-corrected chi connectivity index (χ1v) is 21.7. The van der Waals surface area contributed by atoms with Gasteiger partial charge in [-0.2, -0.15) is 0 Å². The maximum absolute atomic E-state index is 13.1. The van der Waals surface area contributed by atoms with Crippen molar-refractivity contribution < 1.29 is 62.4 Å². The number of nitrogens with one attached hydrogen (secondary N) is 2. The van der Waals surface area contributed by atoms with Gasteiger partial charge in [-0.15, -0.1) is 11.8 Å². The van der Waals surface area contributed by atoms with Crippen molar-refractivity contribution in [3.05, 3.63) is 109 Å². The molecule has 4 atom stereocenters. The number of phosphoric ester groups is 1. The molecule has 1 fully saturated rings. The third kappa shape index (κ3) is 9.89. The number of fused-ring (bicyclic) bond motifs is 2. The number of aryl methyl sites for hydroxylation is 1. The molecular weight excluding hydrogens is 868 g/mol. The van der Waals surface area contributed by atoms with E-state index in [1.54, 1.807) is 6.07 Å². The summed E-state index contributed by atoms with van der Waals surface area (Å²) in [6, 6.07) is 14.2. The predicted octanol–water partition coefficient (Wildman–Crippen LogP) is 4.99. The number of ether oxygens (including phenoxy) is 1. The number of hydrogen-bond donors (Lipinski definition) is 7. The van der Waals surface area contributed by atoms with Gasteiger partial charge in [0.15, 0.2) is 11.3 Å². The fourth-order valence-electron chi connectivity index (χ4n) is 7.06. The Morgan fingerprint density at radius 1 is 1.02 bits per heavy atom. The molecule has 4 heterocycles. The molecule has 20 nitrogen and oxygen atoms in total. The monoisotopic (exact) mass is 908 g/mol. The van der Waals surface area contributed by atoms with Crippen LogP contribution in [0.2, 0.25) is 0 Å². The number of thioether (sulfide) groups is 1. The minimum absolute atomic E-state index is 0.00715. The summed E-state index contributed by atoms with van der Waals surface area (Å²) >= 11 is 1.06. The van der Waals surface area contributed by atoms with Crippen LogP contribution in [0.3, 0.4) is 0 Å². The lowest BCUT2D eigenvalue weighted by atomic mass is 9.90. The van der Waals surface area contributed by atoms with Gasteiger partial charge in [0.1, 0.15) is 29.4 Å². The molecule has 2 aromatic heterocycles. The van der Waals surface area contributed by atoms with Crippen molar-refractivity contribution in [1.29, 1.82) is 0 Å². The summed E-state index contributed by atoms with van der Waals surface area (Å²) in [7, 11) is -3.05. The number of phosphoric acid groups is 1. The highest BCUT2D eigenvalue weighted by Crippen LogP contribution is 2.50. The summed E-state index contributed by atoms with van der Waals surface area (Å²) in [5.41, 5.74) is 0.131. The van der Waals surface area contributed by atoms with E-state index in [1.165, 1.54) is 72.3 Å². The number of aliphatic hydroxyl groups excluding tert-OH is 1. The second-order valence-electron chi connectivity index (χ2n) is 14.4. The lowest BCUT2D eigenvalue weighted by Gasteiger charge is -2.20. The predicted molar refractivity (Wildman–Crippen MR) is 227 cm³/mol. The molecule has 0 saturated carbocycles. The third-order valence-electron chi connectivity index (χ3n) is 10.1. The number of anilines is 1.